The van der Waals surface area contributed by atoms with E-state index in [4.69, 9.17) is 11.6 Å². The molecule has 1 aliphatic heterocycles. The first kappa shape index (κ1) is 15.2. The number of hydrogen-bond donors (Lipinski definition) is 2. The minimum absolute atomic E-state index is 0.318. The largest absolute Gasteiger partial charge is 0.387 e. The molecule has 1 saturated heterocycles. The van der Waals surface area contributed by atoms with Gasteiger partial charge in [-0.3, -0.25) is 4.90 Å². The molecule has 3 atom stereocenters. The number of hydrogen-bond acceptors (Lipinski definition) is 3. The molecule has 0 aromatic heterocycles. The Morgan fingerprint density at radius 1 is 1.43 bits per heavy atom. The highest BCUT2D eigenvalue weighted by Gasteiger charge is 2.38. The van der Waals surface area contributed by atoms with Gasteiger partial charge in [0.05, 0.1) is 6.10 Å². The van der Waals surface area contributed by atoms with Crippen LogP contribution in [0, 0.1) is 5.82 Å². The maximum Gasteiger partial charge on any atom is 0.125 e. The molecule has 1 aliphatic carbocycles. The number of halogens is 2. The van der Waals surface area contributed by atoms with Gasteiger partial charge in [0.15, 0.2) is 0 Å². The molecule has 3 unspecified atom stereocenters. The number of benzene rings is 1. The van der Waals surface area contributed by atoms with Crippen LogP contribution in [0.3, 0.4) is 0 Å². The van der Waals surface area contributed by atoms with Gasteiger partial charge in [-0.15, -0.1) is 0 Å². The van der Waals surface area contributed by atoms with Gasteiger partial charge in [0, 0.05) is 36.2 Å². The molecule has 0 spiro atoms. The van der Waals surface area contributed by atoms with Gasteiger partial charge in [0.2, 0.25) is 0 Å². The van der Waals surface area contributed by atoms with Crippen molar-refractivity contribution in [1.29, 1.82) is 0 Å². The van der Waals surface area contributed by atoms with Crippen LogP contribution in [-0.4, -0.2) is 41.2 Å². The first-order chi connectivity index (χ1) is 10.0. The number of rotatable bonds is 5. The van der Waals surface area contributed by atoms with E-state index in [1.807, 2.05) is 0 Å². The second-order valence-electron chi connectivity index (χ2n) is 6.34. The molecule has 1 aromatic rings. The molecule has 0 bridgehead atoms. The lowest BCUT2D eigenvalue weighted by Crippen LogP contribution is -2.36. The molecule has 1 heterocycles. The van der Waals surface area contributed by atoms with Crippen molar-refractivity contribution in [2.24, 2.45) is 0 Å². The van der Waals surface area contributed by atoms with Crippen LogP contribution in [0.15, 0.2) is 18.2 Å². The van der Waals surface area contributed by atoms with Gasteiger partial charge in [-0.05, 0) is 49.9 Å². The highest BCUT2D eigenvalue weighted by molar-refractivity contribution is 6.30. The fourth-order valence-corrected chi connectivity index (χ4v) is 3.51. The van der Waals surface area contributed by atoms with Crippen molar-refractivity contribution in [2.75, 3.05) is 13.1 Å². The molecule has 5 heteroatoms. The zero-order valence-corrected chi connectivity index (χ0v) is 13.0. The summed E-state index contributed by atoms with van der Waals surface area (Å²) in [4.78, 5) is 2.56. The average molecular weight is 313 g/mol. The van der Waals surface area contributed by atoms with E-state index in [-0.39, 0.29) is 0 Å². The zero-order chi connectivity index (χ0) is 15.0. The van der Waals surface area contributed by atoms with Crippen LogP contribution in [0.1, 0.15) is 37.9 Å². The van der Waals surface area contributed by atoms with E-state index in [0.29, 0.717) is 29.2 Å². The normalized spacial score (nSPS) is 28.0. The van der Waals surface area contributed by atoms with Gasteiger partial charge in [-0.25, -0.2) is 4.39 Å². The lowest BCUT2D eigenvalue weighted by molar-refractivity contribution is 0.169. The molecule has 3 nitrogen and oxygen atoms in total. The Balaban J connectivity index is 1.52. The summed E-state index contributed by atoms with van der Waals surface area (Å²) in [6, 6.07) is 5.99. The predicted octanol–water partition coefficient (Wildman–Crippen LogP) is 2.73. The number of nitrogens with one attached hydrogen (secondary N) is 1. The Labute approximate surface area is 130 Å². The fraction of sp³-hybridized carbons (Fsp3) is 0.625. The molecular weight excluding hydrogens is 291 g/mol. The van der Waals surface area contributed by atoms with Gasteiger partial charge < -0.3 is 10.4 Å². The second kappa shape index (κ2) is 6.21. The molecule has 3 rings (SSSR count). The third-order valence-corrected chi connectivity index (χ3v) is 4.73. The number of aliphatic hydroxyl groups excluding tert-OH is 1. The number of nitrogens with zero attached hydrogens (tertiary/aromatic N) is 1. The highest BCUT2D eigenvalue weighted by atomic mass is 35.5. The predicted molar refractivity (Wildman–Crippen MR) is 82.0 cm³/mol. The summed E-state index contributed by atoms with van der Waals surface area (Å²) in [5, 5.41) is 13.9. The second-order valence-corrected chi connectivity index (χ2v) is 6.77. The monoisotopic (exact) mass is 312 g/mol. The Kier molecular flexibility index (Phi) is 4.50. The zero-order valence-electron chi connectivity index (χ0n) is 12.2. The maximum atomic E-state index is 13.3. The fourth-order valence-electron chi connectivity index (χ4n) is 3.28. The van der Waals surface area contributed by atoms with Gasteiger partial charge in [-0.2, -0.15) is 0 Å². The van der Waals surface area contributed by atoms with E-state index in [1.54, 1.807) is 6.07 Å². The van der Waals surface area contributed by atoms with Crippen LogP contribution in [0.4, 0.5) is 4.39 Å². The molecule has 2 N–H and O–H groups in total. The molecule has 1 saturated carbocycles. The SMILES string of the molecule is CC1CC(NCC(O)c2cc(F)cc(Cl)c2)CN1C1CC1. The summed E-state index contributed by atoms with van der Waals surface area (Å²) in [5.41, 5.74) is 0.526. The Morgan fingerprint density at radius 2 is 2.19 bits per heavy atom. The summed E-state index contributed by atoms with van der Waals surface area (Å²) >= 11 is 5.82. The van der Waals surface area contributed by atoms with Crippen molar-refractivity contribution < 1.29 is 9.50 Å². The van der Waals surface area contributed by atoms with Gasteiger partial charge in [0.25, 0.3) is 0 Å². The molecule has 1 aromatic carbocycles. The third-order valence-electron chi connectivity index (χ3n) is 4.51. The van der Waals surface area contributed by atoms with Gasteiger partial charge >= 0.3 is 0 Å². The van der Waals surface area contributed by atoms with E-state index < -0.39 is 11.9 Å². The first-order valence-electron chi connectivity index (χ1n) is 7.66. The summed E-state index contributed by atoms with van der Waals surface area (Å²) in [7, 11) is 0. The summed E-state index contributed by atoms with van der Waals surface area (Å²) in [6.45, 7) is 3.74. The van der Waals surface area contributed by atoms with Crippen LogP contribution in [-0.2, 0) is 0 Å². The van der Waals surface area contributed by atoms with Crippen LogP contribution < -0.4 is 5.32 Å². The Hall–Kier alpha value is -0.680. The lowest BCUT2D eigenvalue weighted by Gasteiger charge is -2.20. The molecule has 21 heavy (non-hydrogen) atoms. The lowest BCUT2D eigenvalue weighted by atomic mass is 10.1. The minimum atomic E-state index is -0.733. The summed E-state index contributed by atoms with van der Waals surface area (Å²) in [6.07, 6.45) is 3.01. The molecule has 0 radical (unpaired) electrons. The van der Waals surface area contributed by atoms with Gasteiger partial charge in [-0.1, -0.05) is 11.6 Å². The van der Waals surface area contributed by atoms with E-state index in [0.717, 1.165) is 19.0 Å². The van der Waals surface area contributed by atoms with E-state index in [1.165, 1.54) is 25.0 Å². The summed E-state index contributed by atoms with van der Waals surface area (Å²) < 4.78 is 13.3. The topological polar surface area (TPSA) is 35.5 Å². The number of likely N-dealkylation sites (tertiary alicyclic amines) is 1. The van der Waals surface area contributed by atoms with Crippen molar-refractivity contribution in [3.8, 4) is 0 Å². The Morgan fingerprint density at radius 3 is 2.86 bits per heavy atom. The maximum absolute atomic E-state index is 13.3. The average Bonchev–Trinajstić information content (AvgIpc) is 3.19. The van der Waals surface area contributed by atoms with Crippen molar-refractivity contribution in [3.05, 3.63) is 34.6 Å². The van der Waals surface area contributed by atoms with Crippen molar-refractivity contribution >= 4 is 11.6 Å². The smallest absolute Gasteiger partial charge is 0.125 e. The van der Waals surface area contributed by atoms with Crippen LogP contribution in [0.2, 0.25) is 5.02 Å². The van der Waals surface area contributed by atoms with Crippen LogP contribution in [0.25, 0.3) is 0 Å². The highest BCUT2D eigenvalue weighted by Crippen LogP contribution is 2.33. The quantitative estimate of drug-likeness (QED) is 0.877. The van der Waals surface area contributed by atoms with Crippen molar-refractivity contribution in [2.45, 2.75) is 50.4 Å². The number of aliphatic hydroxyl groups is 1. The third kappa shape index (κ3) is 3.75. The molecule has 0 amide bonds. The van der Waals surface area contributed by atoms with E-state index >= 15 is 0 Å². The van der Waals surface area contributed by atoms with Crippen LogP contribution in [0.5, 0.6) is 0 Å². The van der Waals surface area contributed by atoms with Gasteiger partial charge in [0.1, 0.15) is 5.82 Å². The van der Waals surface area contributed by atoms with Crippen molar-refractivity contribution in [3.63, 3.8) is 0 Å². The Bertz CT molecular complexity index is 489. The standard InChI is InChI=1S/C16H22ClFN2O/c1-10-4-14(9-20(10)15-2-3-15)19-8-16(21)11-5-12(17)7-13(18)6-11/h5-7,10,14-16,19,21H,2-4,8-9H2,1H3. The van der Waals surface area contributed by atoms with E-state index in [2.05, 4.69) is 17.1 Å². The minimum Gasteiger partial charge on any atom is -0.387 e. The molecule has 116 valence electrons. The molecular formula is C16H22ClFN2O. The summed E-state index contributed by atoms with van der Waals surface area (Å²) in [5.74, 6) is -0.411. The van der Waals surface area contributed by atoms with Crippen LogP contribution >= 0.6 is 11.6 Å². The first-order valence-corrected chi connectivity index (χ1v) is 8.04. The molecule has 2 aliphatic rings. The van der Waals surface area contributed by atoms with Crippen molar-refractivity contribution in [1.82, 2.24) is 10.2 Å². The van der Waals surface area contributed by atoms with E-state index in [9.17, 15) is 9.50 Å². The molecule has 2 fully saturated rings.